The number of aryl methyl sites for hydroxylation is 1. The predicted octanol–water partition coefficient (Wildman–Crippen LogP) is 4.84. The average Bonchev–Trinajstić information content (AvgIpc) is 2.84. The van der Waals surface area contributed by atoms with Crippen molar-refractivity contribution in [3.05, 3.63) is 90.4 Å². The molecular weight excluding hydrogens is 437 g/mol. The highest BCUT2D eigenvalue weighted by Crippen LogP contribution is 2.37. The highest BCUT2D eigenvalue weighted by Gasteiger charge is 2.28. The van der Waals surface area contributed by atoms with Crippen LogP contribution in [0.5, 0.6) is 0 Å². The van der Waals surface area contributed by atoms with Gasteiger partial charge in [0.1, 0.15) is 10.7 Å². The number of benzene rings is 3. The van der Waals surface area contributed by atoms with Crippen LogP contribution in [0, 0.1) is 12.7 Å². The van der Waals surface area contributed by atoms with Crippen LogP contribution < -0.4 is 9.80 Å². The molecule has 0 unspecified atom stereocenters. The van der Waals surface area contributed by atoms with Gasteiger partial charge in [0.05, 0.1) is 16.1 Å². The maximum atomic E-state index is 13.6. The fourth-order valence-electron chi connectivity index (χ4n) is 4.36. The number of pyridine rings is 1. The summed E-state index contributed by atoms with van der Waals surface area (Å²) in [6.45, 7) is 4.68. The predicted molar refractivity (Wildman–Crippen MR) is 129 cm³/mol. The molecule has 7 heteroatoms. The third-order valence-corrected chi connectivity index (χ3v) is 7.86. The lowest BCUT2D eigenvalue weighted by Gasteiger charge is -2.38. The standard InChI is InChI=1S/C26H24FN3O2S/c1-19-7-12-24-23(17-19)26(25(18-28-24)33(31,32)22-5-3-2-4-6-22)30-15-13-29(14-16-30)21-10-8-20(27)9-11-21/h2-12,17-18H,13-16H2,1H3. The molecule has 5 rings (SSSR count). The van der Waals surface area contributed by atoms with Crippen molar-refractivity contribution in [2.45, 2.75) is 16.7 Å². The largest absolute Gasteiger partial charge is 0.368 e. The van der Waals surface area contributed by atoms with Gasteiger partial charge in [-0.2, -0.15) is 0 Å². The van der Waals surface area contributed by atoms with Gasteiger partial charge >= 0.3 is 0 Å². The zero-order chi connectivity index (χ0) is 23.0. The van der Waals surface area contributed by atoms with Crippen molar-refractivity contribution in [2.75, 3.05) is 36.0 Å². The number of halogens is 1. The number of anilines is 2. The van der Waals surface area contributed by atoms with Crippen molar-refractivity contribution in [3.8, 4) is 0 Å². The summed E-state index contributed by atoms with van der Waals surface area (Å²) >= 11 is 0. The molecule has 3 aromatic carbocycles. The number of aromatic nitrogens is 1. The van der Waals surface area contributed by atoms with Gasteiger partial charge in [0.15, 0.2) is 0 Å². The minimum Gasteiger partial charge on any atom is -0.368 e. The number of sulfone groups is 1. The zero-order valence-corrected chi connectivity index (χ0v) is 19.1. The molecule has 0 saturated carbocycles. The lowest BCUT2D eigenvalue weighted by Crippen LogP contribution is -2.47. The van der Waals surface area contributed by atoms with Crippen molar-refractivity contribution < 1.29 is 12.8 Å². The van der Waals surface area contributed by atoms with Crippen LogP contribution in [-0.4, -0.2) is 39.6 Å². The van der Waals surface area contributed by atoms with Crippen LogP contribution in [-0.2, 0) is 9.84 Å². The van der Waals surface area contributed by atoms with E-state index in [4.69, 9.17) is 0 Å². The van der Waals surface area contributed by atoms with Crippen LogP contribution in [0.2, 0.25) is 0 Å². The maximum Gasteiger partial charge on any atom is 0.210 e. The van der Waals surface area contributed by atoms with Crippen molar-refractivity contribution in [1.29, 1.82) is 0 Å². The molecule has 1 fully saturated rings. The Balaban J connectivity index is 1.57. The number of rotatable bonds is 4. The highest BCUT2D eigenvalue weighted by atomic mass is 32.2. The molecule has 0 N–H and O–H groups in total. The number of nitrogens with zero attached hydrogens (tertiary/aromatic N) is 3. The lowest BCUT2D eigenvalue weighted by atomic mass is 10.1. The van der Waals surface area contributed by atoms with E-state index in [1.807, 2.05) is 25.1 Å². The summed E-state index contributed by atoms with van der Waals surface area (Å²) in [6, 6.07) is 20.9. The Kier molecular flexibility index (Phi) is 5.50. The molecule has 2 heterocycles. The Morgan fingerprint density at radius 2 is 1.52 bits per heavy atom. The van der Waals surface area contributed by atoms with E-state index >= 15 is 0 Å². The number of hydrogen-bond donors (Lipinski definition) is 0. The van der Waals surface area contributed by atoms with E-state index in [0.717, 1.165) is 22.2 Å². The third-order valence-electron chi connectivity index (χ3n) is 6.09. The molecule has 1 aliphatic heterocycles. The van der Waals surface area contributed by atoms with Crippen molar-refractivity contribution in [3.63, 3.8) is 0 Å². The Hall–Kier alpha value is -3.45. The van der Waals surface area contributed by atoms with Crippen LogP contribution in [0.3, 0.4) is 0 Å². The van der Waals surface area contributed by atoms with E-state index in [2.05, 4.69) is 14.8 Å². The molecule has 0 radical (unpaired) electrons. The number of fused-ring (bicyclic) bond motifs is 1. The minimum absolute atomic E-state index is 0.224. The first-order chi connectivity index (χ1) is 15.9. The first kappa shape index (κ1) is 21.4. The fraction of sp³-hybridized carbons (Fsp3) is 0.192. The van der Waals surface area contributed by atoms with Crippen molar-refractivity contribution in [1.82, 2.24) is 4.98 Å². The van der Waals surface area contributed by atoms with Crippen molar-refractivity contribution in [2.24, 2.45) is 0 Å². The Labute approximate surface area is 193 Å². The van der Waals surface area contributed by atoms with Gasteiger partial charge in [-0.1, -0.05) is 29.8 Å². The molecule has 1 saturated heterocycles. The molecule has 4 aromatic rings. The summed E-state index contributed by atoms with van der Waals surface area (Å²) in [6.07, 6.45) is 1.49. The van der Waals surface area contributed by atoms with E-state index in [1.54, 1.807) is 42.5 Å². The van der Waals surface area contributed by atoms with E-state index < -0.39 is 9.84 Å². The second-order valence-corrected chi connectivity index (χ2v) is 10.2. The Bertz CT molecular complexity index is 1400. The van der Waals surface area contributed by atoms with E-state index in [9.17, 15) is 12.8 Å². The number of hydrogen-bond acceptors (Lipinski definition) is 5. The van der Waals surface area contributed by atoms with Gasteiger partial charge in [-0.15, -0.1) is 0 Å². The Morgan fingerprint density at radius 3 is 2.21 bits per heavy atom. The SMILES string of the molecule is Cc1ccc2ncc(S(=O)(=O)c3ccccc3)c(N3CCN(c4ccc(F)cc4)CC3)c2c1. The minimum atomic E-state index is -3.75. The molecule has 0 spiro atoms. The van der Waals surface area contributed by atoms with Crippen LogP contribution in [0.1, 0.15) is 5.56 Å². The molecule has 1 aliphatic rings. The molecule has 1 aromatic heterocycles. The maximum absolute atomic E-state index is 13.6. The average molecular weight is 462 g/mol. The molecule has 0 bridgehead atoms. The van der Waals surface area contributed by atoms with Gasteiger partial charge in [0.25, 0.3) is 0 Å². The van der Waals surface area contributed by atoms with E-state index in [-0.39, 0.29) is 15.6 Å². The second kappa shape index (κ2) is 8.48. The molecule has 0 atom stereocenters. The normalized spacial score (nSPS) is 14.6. The van der Waals surface area contributed by atoms with E-state index in [0.29, 0.717) is 31.9 Å². The van der Waals surface area contributed by atoms with Crippen LogP contribution in [0.15, 0.2) is 88.8 Å². The summed E-state index contributed by atoms with van der Waals surface area (Å²) in [5, 5.41) is 0.835. The zero-order valence-electron chi connectivity index (χ0n) is 18.3. The Morgan fingerprint density at radius 1 is 0.848 bits per heavy atom. The quantitative estimate of drug-likeness (QED) is 0.435. The smallest absolute Gasteiger partial charge is 0.210 e. The lowest BCUT2D eigenvalue weighted by molar-refractivity contribution is 0.594. The second-order valence-electron chi connectivity index (χ2n) is 8.26. The first-order valence-corrected chi connectivity index (χ1v) is 12.4. The van der Waals surface area contributed by atoms with Gasteiger partial charge in [0.2, 0.25) is 9.84 Å². The molecule has 33 heavy (non-hydrogen) atoms. The number of piperazine rings is 1. The van der Waals surface area contributed by atoms with Gasteiger partial charge in [-0.25, -0.2) is 12.8 Å². The summed E-state index contributed by atoms with van der Waals surface area (Å²) in [5.74, 6) is -0.258. The molecule has 5 nitrogen and oxygen atoms in total. The van der Waals surface area contributed by atoms with Gasteiger partial charge < -0.3 is 9.80 Å². The molecular formula is C26H24FN3O2S. The van der Waals surface area contributed by atoms with Gasteiger partial charge in [0, 0.05) is 43.4 Å². The highest BCUT2D eigenvalue weighted by molar-refractivity contribution is 7.91. The van der Waals surface area contributed by atoms with Crippen LogP contribution >= 0.6 is 0 Å². The topological polar surface area (TPSA) is 53.5 Å². The molecule has 0 aliphatic carbocycles. The summed E-state index contributed by atoms with van der Waals surface area (Å²) in [5.41, 5.74) is 3.48. The molecule has 168 valence electrons. The fourth-order valence-corrected chi connectivity index (χ4v) is 5.82. The van der Waals surface area contributed by atoms with Crippen LogP contribution in [0.25, 0.3) is 10.9 Å². The summed E-state index contributed by atoms with van der Waals surface area (Å²) < 4.78 is 40.6. The third kappa shape index (κ3) is 4.04. The van der Waals surface area contributed by atoms with E-state index in [1.165, 1.54) is 18.3 Å². The van der Waals surface area contributed by atoms with Gasteiger partial charge in [-0.3, -0.25) is 4.98 Å². The van der Waals surface area contributed by atoms with Crippen LogP contribution in [0.4, 0.5) is 15.8 Å². The summed E-state index contributed by atoms with van der Waals surface area (Å²) in [7, 11) is -3.75. The van der Waals surface area contributed by atoms with Gasteiger partial charge in [-0.05, 0) is 55.5 Å². The monoisotopic (exact) mass is 461 g/mol. The summed E-state index contributed by atoms with van der Waals surface area (Å²) in [4.78, 5) is 9.30. The molecule has 0 amide bonds. The first-order valence-electron chi connectivity index (χ1n) is 10.9. The van der Waals surface area contributed by atoms with Crippen molar-refractivity contribution >= 4 is 32.1 Å².